The summed E-state index contributed by atoms with van der Waals surface area (Å²) in [6, 6.07) is 13.4. The Morgan fingerprint density at radius 1 is 0.970 bits per heavy atom. The quantitative estimate of drug-likeness (QED) is 0.631. The normalized spacial score (nSPS) is 16.6. The first-order valence-corrected chi connectivity index (χ1v) is 11.3. The summed E-state index contributed by atoms with van der Waals surface area (Å²) in [4.78, 5) is 16.5. The third-order valence-corrected chi connectivity index (χ3v) is 6.03. The first-order valence-electron chi connectivity index (χ1n) is 11.3. The number of carbonyl (C=O) groups excluding carboxylic acids is 1. The molecule has 1 amide bonds. The van der Waals surface area contributed by atoms with Crippen molar-refractivity contribution in [1.82, 2.24) is 10.2 Å². The Balaban J connectivity index is 1.16. The van der Waals surface area contributed by atoms with Gasteiger partial charge in [0.2, 0.25) is 0 Å². The van der Waals surface area contributed by atoms with Crippen LogP contribution in [0.3, 0.4) is 0 Å². The van der Waals surface area contributed by atoms with Crippen LogP contribution in [-0.2, 0) is 11.0 Å². The van der Waals surface area contributed by atoms with E-state index in [-0.39, 0.29) is 18.2 Å². The van der Waals surface area contributed by atoms with Crippen molar-refractivity contribution in [2.45, 2.75) is 19.0 Å². The summed E-state index contributed by atoms with van der Waals surface area (Å²) >= 11 is 0. The third-order valence-electron chi connectivity index (χ3n) is 6.03. The highest BCUT2D eigenvalue weighted by atomic mass is 19.4. The first kappa shape index (κ1) is 23.2. The van der Waals surface area contributed by atoms with Crippen LogP contribution in [0.2, 0.25) is 0 Å². The standard InChI is InChI=1S/C25H28F3N3O2/c26-25(27,28)21-8-2-3-9-22(21)31-15-13-30(14-16-31)12-6-5-11-29-24(32)20-17-19-7-1-4-10-23(19)33-18-20/h1-4,7-10,17H,5-6,11-16,18H2,(H,29,32). The summed E-state index contributed by atoms with van der Waals surface area (Å²) in [6.45, 7) is 4.30. The molecule has 1 saturated heterocycles. The Hall–Kier alpha value is -3.00. The first-order chi connectivity index (χ1) is 15.9. The van der Waals surface area contributed by atoms with Crippen molar-refractivity contribution in [2.24, 2.45) is 0 Å². The molecule has 0 aromatic heterocycles. The highest BCUT2D eigenvalue weighted by molar-refractivity contribution is 5.99. The SMILES string of the molecule is O=C(NCCCCN1CCN(c2ccccc2C(F)(F)F)CC1)C1=Cc2ccccc2OC1. The van der Waals surface area contributed by atoms with E-state index in [1.807, 2.05) is 35.2 Å². The van der Waals surface area contributed by atoms with Gasteiger partial charge in [-0.3, -0.25) is 9.69 Å². The van der Waals surface area contributed by atoms with Gasteiger partial charge in [-0.05, 0) is 43.7 Å². The number of hydrogen-bond donors (Lipinski definition) is 1. The van der Waals surface area contributed by atoms with Crippen molar-refractivity contribution in [3.8, 4) is 5.75 Å². The second-order valence-corrected chi connectivity index (χ2v) is 8.30. The summed E-state index contributed by atoms with van der Waals surface area (Å²) in [7, 11) is 0. The number of fused-ring (bicyclic) bond motifs is 1. The van der Waals surface area contributed by atoms with E-state index in [0.717, 1.165) is 49.9 Å². The van der Waals surface area contributed by atoms with Crippen LogP contribution in [-0.4, -0.2) is 56.7 Å². The van der Waals surface area contributed by atoms with Crippen molar-refractivity contribution >= 4 is 17.7 Å². The minimum atomic E-state index is -4.35. The molecule has 8 heteroatoms. The van der Waals surface area contributed by atoms with Gasteiger partial charge in [0.25, 0.3) is 5.91 Å². The van der Waals surface area contributed by atoms with Gasteiger partial charge < -0.3 is 15.0 Å². The minimum Gasteiger partial charge on any atom is -0.488 e. The largest absolute Gasteiger partial charge is 0.488 e. The van der Waals surface area contributed by atoms with Gasteiger partial charge in [0.05, 0.1) is 11.1 Å². The number of nitrogens with zero attached hydrogens (tertiary/aromatic N) is 2. The number of amides is 1. The monoisotopic (exact) mass is 459 g/mol. The molecule has 0 bridgehead atoms. The number of hydrogen-bond acceptors (Lipinski definition) is 4. The molecule has 2 aliphatic heterocycles. The molecule has 0 atom stereocenters. The van der Waals surface area contributed by atoms with E-state index in [4.69, 9.17) is 4.74 Å². The molecule has 2 aliphatic rings. The number of anilines is 1. The molecule has 0 aliphatic carbocycles. The number of para-hydroxylation sites is 2. The molecule has 0 spiro atoms. The van der Waals surface area contributed by atoms with Crippen LogP contribution < -0.4 is 15.0 Å². The van der Waals surface area contributed by atoms with E-state index < -0.39 is 11.7 Å². The number of unbranched alkanes of at least 4 members (excludes halogenated alkanes) is 1. The highest BCUT2D eigenvalue weighted by Crippen LogP contribution is 2.36. The Morgan fingerprint density at radius 2 is 1.70 bits per heavy atom. The summed E-state index contributed by atoms with van der Waals surface area (Å²) in [6.07, 6.45) is -0.725. The maximum Gasteiger partial charge on any atom is 0.418 e. The minimum absolute atomic E-state index is 0.110. The molecule has 2 aromatic rings. The summed E-state index contributed by atoms with van der Waals surface area (Å²) < 4.78 is 45.5. The van der Waals surface area contributed by atoms with Gasteiger partial charge in [-0.2, -0.15) is 13.2 Å². The number of benzene rings is 2. The summed E-state index contributed by atoms with van der Waals surface area (Å²) in [5.74, 6) is 0.678. The summed E-state index contributed by atoms with van der Waals surface area (Å²) in [5.41, 5.74) is 1.21. The van der Waals surface area contributed by atoms with Crippen LogP contribution in [0.4, 0.5) is 18.9 Å². The number of halogens is 3. The van der Waals surface area contributed by atoms with E-state index in [1.165, 1.54) is 6.07 Å². The molecule has 0 saturated carbocycles. The van der Waals surface area contributed by atoms with Crippen molar-refractivity contribution < 1.29 is 22.7 Å². The molecule has 0 unspecified atom stereocenters. The van der Waals surface area contributed by atoms with Gasteiger partial charge in [0.1, 0.15) is 12.4 Å². The predicted molar refractivity (Wildman–Crippen MR) is 122 cm³/mol. The molecular weight excluding hydrogens is 431 g/mol. The number of rotatable bonds is 7. The topological polar surface area (TPSA) is 44.8 Å². The molecule has 1 fully saturated rings. The Morgan fingerprint density at radius 3 is 2.48 bits per heavy atom. The molecule has 2 heterocycles. The van der Waals surface area contributed by atoms with Crippen molar-refractivity contribution in [3.63, 3.8) is 0 Å². The molecule has 4 rings (SSSR count). The lowest BCUT2D eigenvalue weighted by Crippen LogP contribution is -2.47. The maximum atomic E-state index is 13.3. The van der Waals surface area contributed by atoms with Gasteiger partial charge >= 0.3 is 6.18 Å². The second kappa shape index (κ2) is 10.3. The smallest absolute Gasteiger partial charge is 0.418 e. The van der Waals surface area contributed by atoms with Crippen LogP contribution >= 0.6 is 0 Å². The van der Waals surface area contributed by atoms with Crippen LogP contribution in [0, 0.1) is 0 Å². The lowest BCUT2D eigenvalue weighted by atomic mass is 10.1. The van der Waals surface area contributed by atoms with E-state index >= 15 is 0 Å². The van der Waals surface area contributed by atoms with Crippen molar-refractivity contribution in [3.05, 3.63) is 65.2 Å². The average molecular weight is 460 g/mol. The van der Waals surface area contributed by atoms with Gasteiger partial charge in [-0.15, -0.1) is 0 Å². The molecular formula is C25H28F3N3O2. The van der Waals surface area contributed by atoms with Crippen LogP contribution in [0.1, 0.15) is 24.0 Å². The second-order valence-electron chi connectivity index (χ2n) is 8.30. The fourth-order valence-electron chi connectivity index (χ4n) is 4.22. The zero-order valence-electron chi connectivity index (χ0n) is 18.4. The van der Waals surface area contributed by atoms with Crippen LogP contribution in [0.15, 0.2) is 54.1 Å². The lowest BCUT2D eigenvalue weighted by Gasteiger charge is -2.37. The van der Waals surface area contributed by atoms with E-state index in [9.17, 15) is 18.0 Å². The van der Waals surface area contributed by atoms with Gasteiger partial charge in [-0.1, -0.05) is 30.3 Å². The Bertz CT molecular complexity index is 998. The van der Waals surface area contributed by atoms with Crippen molar-refractivity contribution in [2.75, 3.05) is 50.8 Å². The van der Waals surface area contributed by atoms with Gasteiger partial charge in [0, 0.05) is 44.0 Å². The fourth-order valence-corrected chi connectivity index (χ4v) is 4.22. The Labute approximate surface area is 191 Å². The summed E-state index contributed by atoms with van der Waals surface area (Å²) in [5, 5.41) is 2.95. The number of carbonyl (C=O) groups is 1. The number of piperazine rings is 1. The zero-order chi connectivity index (χ0) is 23.3. The van der Waals surface area contributed by atoms with E-state index in [2.05, 4.69) is 10.2 Å². The molecule has 2 aromatic carbocycles. The molecule has 0 radical (unpaired) electrons. The molecule has 33 heavy (non-hydrogen) atoms. The van der Waals surface area contributed by atoms with E-state index in [1.54, 1.807) is 12.1 Å². The maximum absolute atomic E-state index is 13.3. The number of ether oxygens (including phenoxy) is 1. The molecule has 176 valence electrons. The number of alkyl halides is 3. The van der Waals surface area contributed by atoms with Crippen LogP contribution in [0.25, 0.3) is 6.08 Å². The molecule has 1 N–H and O–H groups in total. The van der Waals surface area contributed by atoms with Gasteiger partial charge in [-0.25, -0.2) is 0 Å². The number of nitrogens with one attached hydrogen (secondary N) is 1. The average Bonchev–Trinajstić information content (AvgIpc) is 2.83. The van der Waals surface area contributed by atoms with E-state index in [0.29, 0.717) is 25.2 Å². The predicted octanol–water partition coefficient (Wildman–Crippen LogP) is 4.20. The van der Waals surface area contributed by atoms with Crippen molar-refractivity contribution in [1.29, 1.82) is 0 Å². The zero-order valence-corrected chi connectivity index (χ0v) is 18.4. The Kier molecular flexibility index (Phi) is 7.23. The van der Waals surface area contributed by atoms with Gasteiger partial charge in [0.15, 0.2) is 0 Å². The van der Waals surface area contributed by atoms with Crippen LogP contribution in [0.5, 0.6) is 5.75 Å². The third kappa shape index (κ3) is 5.87. The molecule has 5 nitrogen and oxygen atoms in total. The lowest BCUT2D eigenvalue weighted by molar-refractivity contribution is -0.137. The fraction of sp³-hybridized carbons (Fsp3) is 0.400. The highest BCUT2D eigenvalue weighted by Gasteiger charge is 2.35.